The number of rotatable bonds is 6. The van der Waals surface area contributed by atoms with E-state index in [0.717, 1.165) is 28.1 Å². The SMILES string of the molecule is CCOc1c(Cl)cc(/C=C2\SC(=Nc3ccc(C)cc3)N(c3ccc(C)cc3)C2=O)cc1OC. The van der Waals surface area contributed by atoms with Crippen molar-refractivity contribution in [1.29, 1.82) is 0 Å². The number of aliphatic imine (C=N–C) groups is 1. The standard InChI is InChI=1S/C27H25ClN2O3S/c1-5-33-25-22(28)14-19(15-23(25)32-4)16-24-26(31)30(21-12-8-18(3)9-13-21)27(34-24)29-20-10-6-17(2)7-11-20/h6-16H,5H2,1-4H3/b24-16-,29-27?. The fourth-order valence-electron chi connectivity index (χ4n) is 3.46. The van der Waals surface area contributed by atoms with Crippen LogP contribution in [0, 0.1) is 13.8 Å². The molecule has 1 saturated heterocycles. The van der Waals surface area contributed by atoms with Crippen LogP contribution in [0.1, 0.15) is 23.6 Å². The molecule has 174 valence electrons. The summed E-state index contributed by atoms with van der Waals surface area (Å²) in [5.41, 5.74) is 4.55. The van der Waals surface area contributed by atoms with Gasteiger partial charge in [-0.3, -0.25) is 9.69 Å². The maximum atomic E-state index is 13.5. The summed E-state index contributed by atoms with van der Waals surface area (Å²) < 4.78 is 11.1. The molecule has 0 bridgehead atoms. The summed E-state index contributed by atoms with van der Waals surface area (Å²) in [5.74, 6) is 0.853. The number of carbonyl (C=O) groups excluding carboxylic acids is 1. The molecule has 5 nitrogen and oxygen atoms in total. The normalized spacial score (nSPS) is 15.9. The molecule has 1 amide bonds. The van der Waals surface area contributed by atoms with Gasteiger partial charge in [-0.2, -0.15) is 0 Å². The van der Waals surface area contributed by atoms with Crippen molar-refractivity contribution in [3.63, 3.8) is 0 Å². The molecular weight excluding hydrogens is 468 g/mol. The Balaban J connectivity index is 1.76. The zero-order chi connectivity index (χ0) is 24.2. The van der Waals surface area contributed by atoms with Gasteiger partial charge in [0.05, 0.1) is 35.0 Å². The van der Waals surface area contributed by atoms with E-state index in [1.165, 1.54) is 11.8 Å². The lowest BCUT2D eigenvalue weighted by atomic mass is 10.1. The predicted octanol–water partition coefficient (Wildman–Crippen LogP) is 7.17. The molecule has 0 atom stereocenters. The second-order valence-corrected chi connectivity index (χ2v) is 9.20. The van der Waals surface area contributed by atoms with Gasteiger partial charge in [0.2, 0.25) is 0 Å². The van der Waals surface area contributed by atoms with Crippen LogP contribution in [0.2, 0.25) is 5.02 Å². The third-order valence-electron chi connectivity index (χ3n) is 5.20. The molecule has 4 rings (SSSR count). The molecule has 7 heteroatoms. The quantitative estimate of drug-likeness (QED) is 0.342. The van der Waals surface area contributed by atoms with Crippen molar-refractivity contribution in [1.82, 2.24) is 0 Å². The Labute approximate surface area is 209 Å². The van der Waals surface area contributed by atoms with E-state index < -0.39 is 0 Å². The van der Waals surface area contributed by atoms with E-state index in [-0.39, 0.29) is 5.91 Å². The molecule has 3 aromatic rings. The van der Waals surface area contributed by atoms with Crippen LogP contribution in [-0.2, 0) is 4.79 Å². The summed E-state index contributed by atoms with van der Waals surface area (Å²) in [6.45, 7) is 6.39. The zero-order valence-electron chi connectivity index (χ0n) is 19.5. The van der Waals surface area contributed by atoms with Gasteiger partial charge in [-0.25, -0.2) is 4.99 Å². The summed E-state index contributed by atoms with van der Waals surface area (Å²) in [5, 5.41) is 1.01. The smallest absolute Gasteiger partial charge is 0.271 e. The second kappa shape index (κ2) is 10.4. The van der Waals surface area contributed by atoms with Gasteiger partial charge in [0.15, 0.2) is 16.7 Å². The monoisotopic (exact) mass is 492 g/mol. The van der Waals surface area contributed by atoms with Crippen molar-refractivity contribution in [3.05, 3.63) is 87.3 Å². The maximum Gasteiger partial charge on any atom is 0.271 e. The van der Waals surface area contributed by atoms with Gasteiger partial charge >= 0.3 is 0 Å². The third kappa shape index (κ3) is 5.13. The van der Waals surface area contributed by atoms with Gasteiger partial charge in [0.1, 0.15) is 0 Å². The molecule has 0 aromatic heterocycles. The van der Waals surface area contributed by atoms with Crippen LogP contribution in [-0.4, -0.2) is 24.8 Å². The lowest BCUT2D eigenvalue weighted by Gasteiger charge is -2.16. The molecule has 1 fully saturated rings. The van der Waals surface area contributed by atoms with E-state index in [4.69, 9.17) is 26.1 Å². The second-order valence-electron chi connectivity index (χ2n) is 7.78. The Morgan fingerprint density at radius 1 is 1.03 bits per heavy atom. The first kappa shape index (κ1) is 23.9. The highest BCUT2D eigenvalue weighted by molar-refractivity contribution is 8.19. The van der Waals surface area contributed by atoms with Gasteiger partial charge in [0.25, 0.3) is 5.91 Å². The number of thioether (sulfide) groups is 1. The minimum Gasteiger partial charge on any atom is -0.493 e. The number of carbonyl (C=O) groups is 1. The number of nitrogens with zero attached hydrogens (tertiary/aromatic N) is 2. The predicted molar refractivity (Wildman–Crippen MR) is 142 cm³/mol. The number of hydrogen-bond donors (Lipinski definition) is 0. The molecular formula is C27H25ClN2O3S. The Morgan fingerprint density at radius 2 is 1.68 bits per heavy atom. The Kier molecular flexibility index (Phi) is 7.29. The fourth-order valence-corrected chi connectivity index (χ4v) is 4.73. The molecule has 3 aromatic carbocycles. The summed E-state index contributed by atoms with van der Waals surface area (Å²) in [6, 6.07) is 19.3. The number of benzene rings is 3. The van der Waals surface area contributed by atoms with Crippen LogP contribution in [0.15, 0.2) is 70.6 Å². The van der Waals surface area contributed by atoms with Crippen LogP contribution in [0.25, 0.3) is 6.08 Å². The minimum absolute atomic E-state index is 0.149. The molecule has 0 spiro atoms. The number of aryl methyl sites for hydroxylation is 2. The summed E-state index contributed by atoms with van der Waals surface area (Å²) in [6.07, 6.45) is 1.80. The highest BCUT2D eigenvalue weighted by Crippen LogP contribution is 2.40. The molecule has 1 aliphatic heterocycles. The van der Waals surface area contributed by atoms with Crippen molar-refractivity contribution >= 4 is 51.9 Å². The lowest BCUT2D eigenvalue weighted by Crippen LogP contribution is -2.28. The van der Waals surface area contributed by atoms with E-state index >= 15 is 0 Å². The van der Waals surface area contributed by atoms with Crippen molar-refractivity contribution in [2.45, 2.75) is 20.8 Å². The van der Waals surface area contributed by atoms with Crippen LogP contribution < -0.4 is 14.4 Å². The van der Waals surface area contributed by atoms with Crippen LogP contribution in [0.5, 0.6) is 11.5 Å². The Morgan fingerprint density at radius 3 is 2.29 bits per heavy atom. The Hall–Kier alpha value is -3.22. The average Bonchev–Trinajstić information content (AvgIpc) is 3.12. The average molecular weight is 493 g/mol. The number of methoxy groups -OCH3 is 1. The van der Waals surface area contributed by atoms with Crippen molar-refractivity contribution in [2.75, 3.05) is 18.6 Å². The third-order valence-corrected chi connectivity index (χ3v) is 6.45. The summed E-state index contributed by atoms with van der Waals surface area (Å²) in [4.78, 5) is 20.5. The highest BCUT2D eigenvalue weighted by Gasteiger charge is 2.35. The van der Waals surface area contributed by atoms with Crippen LogP contribution >= 0.6 is 23.4 Å². The van der Waals surface area contributed by atoms with Crippen LogP contribution in [0.3, 0.4) is 0 Å². The van der Waals surface area contributed by atoms with Gasteiger partial charge in [-0.1, -0.05) is 47.0 Å². The molecule has 0 unspecified atom stereocenters. The molecule has 0 N–H and O–H groups in total. The number of amides is 1. The first-order chi connectivity index (χ1) is 16.4. The maximum absolute atomic E-state index is 13.5. The summed E-state index contributed by atoms with van der Waals surface area (Å²) >= 11 is 7.77. The fraction of sp³-hybridized carbons (Fsp3) is 0.185. The largest absolute Gasteiger partial charge is 0.493 e. The van der Waals surface area contributed by atoms with E-state index in [9.17, 15) is 4.79 Å². The van der Waals surface area contributed by atoms with E-state index in [0.29, 0.717) is 33.2 Å². The zero-order valence-corrected chi connectivity index (χ0v) is 21.0. The first-order valence-electron chi connectivity index (χ1n) is 10.9. The highest BCUT2D eigenvalue weighted by atomic mass is 35.5. The van der Waals surface area contributed by atoms with Gasteiger partial charge < -0.3 is 9.47 Å². The Bertz CT molecular complexity index is 1270. The molecule has 1 heterocycles. The minimum atomic E-state index is -0.149. The molecule has 1 aliphatic rings. The van der Waals surface area contributed by atoms with Crippen molar-refractivity contribution < 1.29 is 14.3 Å². The van der Waals surface area contributed by atoms with Gasteiger partial charge in [-0.05, 0) is 80.6 Å². The molecule has 0 saturated carbocycles. The van der Waals surface area contributed by atoms with Gasteiger partial charge in [-0.15, -0.1) is 0 Å². The van der Waals surface area contributed by atoms with Crippen molar-refractivity contribution in [2.24, 2.45) is 4.99 Å². The number of hydrogen-bond acceptors (Lipinski definition) is 5. The summed E-state index contributed by atoms with van der Waals surface area (Å²) in [7, 11) is 1.56. The number of anilines is 1. The first-order valence-corrected chi connectivity index (χ1v) is 12.1. The van der Waals surface area contributed by atoms with E-state index in [1.54, 1.807) is 24.2 Å². The van der Waals surface area contributed by atoms with Gasteiger partial charge in [0, 0.05) is 0 Å². The topological polar surface area (TPSA) is 51.1 Å². The van der Waals surface area contributed by atoms with E-state index in [2.05, 4.69) is 0 Å². The van der Waals surface area contributed by atoms with Crippen molar-refractivity contribution in [3.8, 4) is 11.5 Å². The lowest BCUT2D eigenvalue weighted by molar-refractivity contribution is -0.113. The number of halogens is 1. The number of ether oxygens (including phenoxy) is 2. The molecule has 0 aliphatic carbocycles. The number of amidine groups is 1. The van der Waals surface area contributed by atoms with Crippen LogP contribution in [0.4, 0.5) is 11.4 Å². The molecule has 0 radical (unpaired) electrons. The van der Waals surface area contributed by atoms with E-state index in [1.807, 2.05) is 75.4 Å². The molecule has 34 heavy (non-hydrogen) atoms.